The first-order chi connectivity index (χ1) is 18.0. The van der Waals surface area contributed by atoms with Gasteiger partial charge in [-0.25, -0.2) is 9.18 Å². The Hall–Kier alpha value is -2.42. The van der Waals surface area contributed by atoms with Gasteiger partial charge in [-0.1, -0.05) is 95.2 Å². The Kier molecular flexibility index (Phi) is 8.47. The van der Waals surface area contributed by atoms with E-state index in [1.807, 2.05) is 30.3 Å². The van der Waals surface area contributed by atoms with E-state index in [0.717, 1.165) is 48.8 Å². The molecule has 37 heavy (non-hydrogen) atoms. The van der Waals surface area contributed by atoms with Crippen molar-refractivity contribution in [2.75, 3.05) is 0 Å². The SMILES string of the molecule is CCCCCCC1CCC(c2ccc(-c3ccc4cc(C5CCC(C)CC5)oc(=O)c4c3F)cc2)CC1. The van der Waals surface area contributed by atoms with E-state index < -0.39 is 11.4 Å². The minimum Gasteiger partial charge on any atom is -0.427 e. The first-order valence-corrected chi connectivity index (χ1v) is 14.9. The van der Waals surface area contributed by atoms with Crippen LogP contribution in [0.4, 0.5) is 4.39 Å². The second-order valence-electron chi connectivity index (χ2n) is 12.0. The van der Waals surface area contributed by atoms with Gasteiger partial charge in [0.25, 0.3) is 0 Å². The lowest BCUT2D eigenvalue weighted by Gasteiger charge is -2.29. The molecule has 2 saturated carbocycles. The van der Waals surface area contributed by atoms with Gasteiger partial charge in [0.1, 0.15) is 17.0 Å². The van der Waals surface area contributed by atoms with Crippen molar-refractivity contribution in [2.45, 2.75) is 109 Å². The molecule has 3 heteroatoms. The maximum Gasteiger partial charge on any atom is 0.346 e. The maximum atomic E-state index is 15.6. The van der Waals surface area contributed by atoms with Crippen molar-refractivity contribution in [1.29, 1.82) is 0 Å². The van der Waals surface area contributed by atoms with Crippen molar-refractivity contribution in [3.63, 3.8) is 0 Å². The minimum atomic E-state index is -0.548. The van der Waals surface area contributed by atoms with Crippen LogP contribution in [0.25, 0.3) is 21.9 Å². The zero-order valence-corrected chi connectivity index (χ0v) is 22.7. The lowest BCUT2D eigenvalue weighted by atomic mass is 9.77. The van der Waals surface area contributed by atoms with Gasteiger partial charge in [0.15, 0.2) is 0 Å². The van der Waals surface area contributed by atoms with Gasteiger partial charge in [0.2, 0.25) is 0 Å². The van der Waals surface area contributed by atoms with Crippen LogP contribution < -0.4 is 5.63 Å². The summed E-state index contributed by atoms with van der Waals surface area (Å²) in [5.74, 6) is 2.75. The van der Waals surface area contributed by atoms with Crippen molar-refractivity contribution >= 4 is 10.8 Å². The van der Waals surface area contributed by atoms with Crippen LogP contribution in [0.5, 0.6) is 0 Å². The smallest absolute Gasteiger partial charge is 0.346 e. The highest BCUT2D eigenvalue weighted by atomic mass is 19.1. The summed E-state index contributed by atoms with van der Waals surface area (Å²) in [5, 5.41) is 0.723. The van der Waals surface area contributed by atoms with E-state index >= 15 is 4.39 Å². The first kappa shape index (κ1) is 26.2. The second kappa shape index (κ2) is 12.0. The molecule has 2 nitrogen and oxygen atoms in total. The number of hydrogen-bond acceptors (Lipinski definition) is 2. The molecule has 0 aliphatic heterocycles. The third-order valence-corrected chi connectivity index (χ3v) is 9.31. The number of benzene rings is 2. The number of fused-ring (bicyclic) bond motifs is 1. The summed E-state index contributed by atoms with van der Waals surface area (Å²) in [6.45, 7) is 4.55. The van der Waals surface area contributed by atoms with E-state index in [-0.39, 0.29) is 11.3 Å². The predicted molar refractivity (Wildman–Crippen MR) is 152 cm³/mol. The molecular formula is C34H43FO2. The Morgan fingerprint density at radius 3 is 2.24 bits per heavy atom. The summed E-state index contributed by atoms with van der Waals surface area (Å²) < 4.78 is 21.3. The van der Waals surface area contributed by atoms with Gasteiger partial charge in [-0.05, 0) is 78.9 Å². The van der Waals surface area contributed by atoms with Gasteiger partial charge in [-0.2, -0.15) is 0 Å². The molecule has 2 aliphatic carbocycles. The third-order valence-electron chi connectivity index (χ3n) is 9.31. The van der Waals surface area contributed by atoms with E-state index in [0.29, 0.717) is 16.9 Å². The molecule has 0 atom stereocenters. The van der Waals surface area contributed by atoms with Crippen molar-refractivity contribution < 1.29 is 8.81 Å². The van der Waals surface area contributed by atoms with Gasteiger partial charge in [0, 0.05) is 11.5 Å². The average Bonchev–Trinajstić information content (AvgIpc) is 2.92. The van der Waals surface area contributed by atoms with Gasteiger partial charge in [-0.3, -0.25) is 0 Å². The molecule has 5 rings (SSSR count). The Labute approximate surface area is 221 Å². The van der Waals surface area contributed by atoms with E-state index in [1.165, 1.54) is 63.4 Å². The highest BCUT2D eigenvalue weighted by molar-refractivity contribution is 5.87. The first-order valence-electron chi connectivity index (χ1n) is 14.9. The Morgan fingerprint density at radius 1 is 0.838 bits per heavy atom. The molecule has 0 bridgehead atoms. The van der Waals surface area contributed by atoms with Crippen LogP contribution in [0.3, 0.4) is 0 Å². The standard InChI is InChI=1S/C34H43FO2/c1-3-4-5-6-7-24-10-14-25(15-11-24)26-16-18-27(19-17-26)30-21-20-29-22-31(28-12-8-23(2)9-13-28)37-34(36)32(29)33(30)35/h16-25,28H,3-15H2,1-2H3. The van der Waals surface area contributed by atoms with Crippen molar-refractivity contribution in [2.24, 2.45) is 11.8 Å². The summed E-state index contributed by atoms with van der Waals surface area (Å²) in [6.07, 6.45) is 16.4. The van der Waals surface area contributed by atoms with E-state index in [9.17, 15) is 4.79 Å². The summed E-state index contributed by atoms with van der Waals surface area (Å²) >= 11 is 0. The highest BCUT2D eigenvalue weighted by Gasteiger charge is 2.25. The minimum absolute atomic E-state index is 0.0757. The van der Waals surface area contributed by atoms with Crippen LogP contribution in [0.15, 0.2) is 51.7 Å². The van der Waals surface area contributed by atoms with Crippen LogP contribution >= 0.6 is 0 Å². The molecular weight excluding hydrogens is 459 g/mol. The zero-order valence-electron chi connectivity index (χ0n) is 22.7. The second-order valence-corrected chi connectivity index (χ2v) is 12.0. The molecule has 0 saturated heterocycles. The normalized spacial score (nSPS) is 24.4. The van der Waals surface area contributed by atoms with Crippen LogP contribution in [-0.4, -0.2) is 0 Å². The maximum absolute atomic E-state index is 15.6. The summed E-state index contributed by atoms with van der Waals surface area (Å²) in [6, 6.07) is 14.0. The lowest BCUT2D eigenvalue weighted by molar-refractivity contribution is 0.302. The molecule has 0 radical (unpaired) electrons. The zero-order chi connectivity index (χ0) is 25.8. The Balaban J connectivity index is 1.28. The summed E-state index contributed by atoms with van der Waals surface area (Å²) in [5.41, 5.74) is 2.10. The average molecular weight is 503 g/mol. The van der Waals surface area contributed by atoms with Gasteiger partial charge in [0.05, 0.1) is 0 Å². The number of rotatable bonds is 8. The molecule has 0 N–H and O–H groups in total. The quantitative estimate of drug-likeness (QED) is 0.287. The molecule has 0 unspecified atom stereocenters. The largest absolute Gasteiger partial charge is 0.427 e. The molecule has 2 aliphatic rings. The molecule has 2 fully saturated rings. The predicted octanol–water partition coefficient (Wildman–Crippen LogP) is 10.1. The number of hydrogen-bond donors (Lipinski definition) is 0. The molecule has 0 spiro atoms. The Bertz CT molecular complexity index is 1230. The molecule has 0 amide bonds. The lowest BCUT2D eigenvalue weighted by Crippen LogP contribution is -2.13. The van der Waals surface area contributed by atoms with Crippen molar-refractivity contribution in [1.82, 2.24) is 0 Å². The van der Waals surface area contributed by atoms with E-state index in [4.69, 9.17) is 4.42 Å². The Morgan fingerprint density at radius 2 is 1.54 bits per heavy atom. The van der Waals surface area contributed by atoms with Crippen LogP contribution in [0.1, 0.15) is 120 Å². The van der Waals surface area contributed by atoms with E-state index in [2.05, 4.69) is 26.0 Å². The molecule has 3 aromatic rings. The molecule has 1 aromatic heterocycles. The fraction of sp³-hybridized carbons (Fsp3) is 0.559. The van der Waals surface area contributed by atoms with Gasteiger partial charge >= 0.3 is 5.63 Å². The molecule has 1 heterocycles. The number of unbranched alkanes of at least 4 members (excludes halogenated alkanes) is 3. The van der Waals surface area contributed by atoms with Crippen LogP contribution in [-0.2, 0) is 0 Å². The third kappa shape index (κ3) is 6.02. The number of halogens is 1. The summed E-state index contributed by atoms with van der Waals surface area (Å²) in [7, 11) is 0. The van der Waals surface area contributed by atoms with Gasteiger partial charge < -0.3 is 4.42 Å². The monoisotopic (exact) mass is 502 g/mol. The van der Waals surface area contributed by atoms with E-state index in [1.54, 1.807) is 0 Å². The fourth-order valence-corrected chi connectivity index (χ4v) is 6.81. The fourth-order valence-electron chi connectivity index (χ4n) is 6.81. The van der Waals surface area contributed by atoms with Crippen LogP contribution in [0, 0.1) is 17.7 Å². The topological polar surface area (TPSA) is 30.2 Å². The van der Waals surface area contributed by atoms with Crippen molar-refractivity contribution in [3.05, 3.63) is 70.0 Å². The molecule has 198 valence electrons. The van der Waals surface area contributed by atoms with Crippen LogP contribution in [0.2, 0.25) is 0 Å². The highest BCUT2D eigenvalue weighted by Crippen LogP contribution is 2.39. The molecule has 2 aromatic carbocycles. The van der Waals surface area contributed by atoms with Gasteiger partial charge in [-0.15, -0.1) is 0 Å². The van der Waals surface area contributed by atoms with Crippen molar-refractivity contribution in [3.8, 4) is 11.1 Å². The summed E-state index contributed by atoms with van der Waals surface area (Å²) in [4.78, 5) is 12.9.